The fraction of sp³-hybridized carbons (Fsp3) is 0.0526. The summed E-state index contributed by atoms with van der Waals surface area (Å²) in [5, 5.41) is 3.43. The number of hydrogen-bond donors (Lipinski definition) is 1. The van der Waals surface area contributed by atoms with Crippen molar-refractivity contribution in [2.75, 3.05) is 10.2 Å². The van der Waals surface area contributed by atoms with Gasteiger partial charge in [0.25, 0.3) is 5.91 Å². The Morgan fingerprint density at radius 2 is 1.61 bits per heavy atom. The van der Waals surface area contributed by atoms with Crippen LogP contribution in [0.2, 0.25) is 0 Å². The standard InChI is InChI=1S/C19H15N3O/c23-19-15-10-4-5-11-16(15)21-18(17-12-6-7-13-20-17)22(19)14-8-2-1-3-9-14/h1-13,18,21H/t18-/m0/s1. The van der Waals surface area contributed by atoms with Crippen molar-refractivity contribution < 1.29 is 4.79 Å². The summed E-state index contributed by atoms with van der Waals surface area (Å²) < 4.78 is 0. The minimum Gasteiger partial charge on any atom is -0.359 e. The summed E-state index contributed by atoms with van der Waals surface area (Å²) >= 11 is 0. The molecule has 0 radical (unpaired) electrons. The summed E-state index contributed by atoms with van der Waals surface area (Å²) in [7, 11) is 0. The molecule has 1 amide bonds. The molecule has 1 N–H and O–H groups in total. The summed E-state index contributed by atoms with van der Waals surface area (Å²) in [6, 6.07) is 23.0. The predicted molar refractivity (Wildman–Crippen MR) is 90.3 cm³/mol. The molecule has 1 aliphatic heterocycles. The number of carbonyl (C=O) groups excluding carboxylic acids is 1. The van der Waals surface area contributed by atoms with Gasteiger partial charge in [-0.25, -0.2) is 0 Å². The molecule has 0 aliphatic carbocycles. The molecule has 0 unspecified atom stereocenters. The number of para-hydroxylation sites is 2. The van der Waals surface area contributed by atoms with Gasteiger partial charge in [-0.2, -0.15) is 0 Å². The second-order valence-corrected chi connectivity index (χ2v) is 5.36. The van der Waals surface area contributed by atoms with Gasteiger partial charge in [-0.15, -0.1) is 0 Å². The third-order valence-corrected chi connectivity index (χ3v) is 3.93. The Bertz CT molecular complexity index is 834. The summed E-state index contributed by atoms with van der Waals surface area (Å²) in [5.41, 5.74) is 3.15. The average molecular weight is 301 g/mol. The highest BCUT2D eigenvalue weighted by Crippen LogP contribution is 2.35. The van der Waals surface area contributed by atoms with E-state index in [0.29, 0.717) is 5.56 Å². The molecule has 1 aliphatic rings. The number of amides is 1. The van der Waals surface area contributed by atoms with Crippen LogP contribution in [-0.4, -0.2) is 10.9 Å². The number of carbonyl (C=O) groups is 1. The zero-order valence-corrected chi connectivity index (χ0v) is 12.4. The monoisotopic (exact) mass is 301 g/mol. The number of benzene rings is 2. The van der Waals surface area contributed by atoms with Gasteiger partial charge < -0.3 is 5.32 Å². The van der Waals surface area contributed by atoms with E-state index in [0.717, 1.165) is 17.1 Å². The molecule has 0 spiro atoms. The van der Waals surface area contributed by atoms with E-state index in [2.05, 4.69) is 10.3 Å². The Kier molecular flexibility index (Phi) is 3.27. The molecule has 4 rings (SSSR count). The van der Waals surface area contributed by atoms with Crippen LogP contribution in [0.25, 0.3) is 0 Å². The highest BCUT2D eigenvalue weighted by molar-refractivity contribution is 6.12. The van der Waals surface area contributed by atoms with Crippen molar-refractivity contribution in [2.45, 2.75) is 6.17 Å². The van der Waals surface area contributed by atoms with Crippen LogP contribution >= 0.6 is 0 Å². The minimum absolute atomic E-state index is 0.0267. The Balaban J connectivity index is 1.87. The number of aromatic nitrogens is 1. The Morgan fingerprint density at radius 1 is 0.870 bits per heavy atom. The Labute approximate surface area is 134 Å². The van der Waals surface area contributed by atoms with Crippen molar-refractivity contribution in [3.8, 4) is 0 Å². The molecule has 23 heavy (non-hydrogen) atoms. The number of nitrogens with zero attached hydrogens (tertiary/aromatic N) is 2. The van der Waals surface area contributed by atoms with Gasteiger partial charge >= 0.3 is 0 Å². The maximum atomic E-state index is 13.1. The van der Waals surface area contributed by atoms with Gasteiger partial charge in [0.15, 0.2) is 6.17 Å². The van der Waals surface area contributed by atoms with Crippen LogP contribution in [0.5, 0.6) is 0 Å². The fourth-order valence-corrected chi connectivity index (χ4v) is 2.85. The SMILES string of the molecule is O=C1c2ccccc2N[C@H](c2ccccn2)N1c1ccccc1. The van der Waals surface area contributed by atoms with Crippen LogP contribution in [0.1, 0.15) is 22.2 Å². The molecule has 4 heteroatoms. The van der Waals surface area contributed by atoms with E-state index >= 15 is 0 Å². The smallest absolute Gasteiger partial charge is 0.262 e. The maximum absolute atomic E-state index is 13.1. The molecule has 1 atom stereocenters. The molecule has 0 bridgehead atoms. The molecular weight excluding hydrogens is 286 g/mol. The fourth-order valence-electron chi connectivity index (χ4n) is 2.85. The van der Waals surface area contributed by atoms with E-state index in [1.165, 1.54) is 0 Å². The summed E-state index contributed by atoms with van der Waals surface area (Å²) in [6.07, 6.45) is 1.41. The molecule has 0 fully saturated rings. The maximum Gasteiger partial charge on any atom is 0.262 e. The quantitative estimate of drug-likeness (QED) is 0.782. The third-order valence-electron chi connectivity index (χ3n) is 3.93. The molecule has 0 saturated heterocycles. The van der Waals surface area contributed by atoms with Crippen molar-refractivity contribution >= 4 is 17.3 Å². The number of fused-ring (bicyclic) bond motifs is 1. The van der Waals surface area contributed by atoms with Crippen molar-refractivity contribution in [1.29, 1.82) is 0 Å². The Hall–Kier alpha value is -3.14. The van der Waals surface area contributed by atoms with Crippen molar-refractivity contribution in [3.63, 3.8) is 0 Å². The molecule has 112 valence electrons. The van der Waals surface area contributed by atoms with Crippen molar-refractivity contribution in [2.24, 2.45) is 0 Å². The lowest BCUT2D eigenvalue weighted by atomic mass is 10.0. The number of nitrogens with one attached hydrogen (secondary N) is 1. The van der Waals surface area contributed by atoms with Gasteiger partial charge in [0.1, 0.15) is 0 Å². The molecule has 1 aromatic heterocycles. The summed E-state index contributed by atoms with van der Waals surface area (Å²) in [5.74, 6) is -0.0267. The Morgan fingerprint density at radius 3 is 2.39 bits per heavy atom. The van der Waals surface area contributed by atoms with Gasteiger partial charge in [-0.1, -0.05) is 36.4 Å². The highest BCUT2D eigenvalue weighted by Gasteiger charge is 2.34. The molecular formula is C19H15N3O. The lowest BCUT2D eigenvalue weighted by Gasteiger charge is -2.37. The van der Waals surface area contributed by atoms with Gasteiger partial charge in [-0.05, 0) is 36.4 Å². The van der Waals surface area contributed by atoms with Crippen molar-refractivity contribution in [3.05, 3.63) is 90.3 Å². The lowest BCUT2D eigenvalue weighted by Crippen LogP contribution is -2.43. The highest BCUT2D eigenvalue weighted by atomic mass is 16.2. The van der Waals surface area contributed by atoms with E-state index in [1.807, 2.05) is 72.8 Å². The van der Waals surface area contributed by atoms with E-state index in [4.69, 9.17) is 0 Å². The molecule has 2 aromatic carbocycles. The second-order valence-electron chi connectivity index (χ2n) is 5.36. The van der Waals surface area contributed by atoms with Crippen LogP contribution < -0.4 is 10.2 Å². The first-order valence-electron chi connectivity index (χ1n) is 7.50. The predicted octanol–water partition coefficient (Wildman–Crippen LogP) is 3.85. The van der Waals surface area contributed by atoms with E-state index in [1.54, 1.807) is 11.1 Å². The number of rotatable bonds is 2. The van der Waals surface area contributed by atoms with Crippen molar-refractivity contribution in [1.82, 2.24) is 4.98 Å². The van der Waals surface area contributed by atoms with E-state index < -0.39 is 0 Å². The van der Waals surface area contributed by atoms with Gasteiger partial charge in [0.2, 0.25) is 0 Å². The topological polar surface area (TPSA) is 45.2 Å². The number of anilines is 2. The first-order valence-corrected chi connectivity index (χ1v) is 7.50. The third kappa shape index (κ3) is 2.34. The molecule has 3 aromatic rings. The minimum atomic E-state index is -0.332. The largest absolute Gasteiger partial charge is 0.359 e. The summed E-state index contributed by atoms with van der Waals surface area (Å²) in [4.78, 5) is 19.2. The first-order chi connectivity index (χ1) is 11.3. The normalized spacial score (nSPS) is 16.6. The zero-order valence-electron chi connectivity index (χ0n) is 12.4. The van der Waals surface area contributed by atoms with Crippen LogP contribution in [0, 0.1) is 0 Å². The average Bonchev–Trinajstić information content (AvgIpc) is 2.63. The number of pyridine rings is 1. The van der Waals surface area contributed by atoms with Crippen LogP contribution in [-0.2, 0) is 0 Å². The van der Waals surface area contributed by atoms with Crippen LogP contribution in [0.4, 0.5) is 11.4 Å². The first kappa shape index (κ1) is 13.5. The summed E-state index contributed by atoms with van der Waals surface area (Å²) in [6.45, 7) is 0. The van der Waals surface area contributed by atoms with Crippen LogP contribution in [0.15, 0.2) is 79.0 Å². The second kappa shape index (κ2) is 5.57. The van der Waals surface area contributed by atoms with Gasteiger partial charge in [0, 0.05) is 17.6 Å². The lowest BCUT2D eigenvalue weighted by molar-refractivity contribution is 0.0974. The van der Waals surface area contributed by atoms with E-state index in [-0.39, 0.29) is 12.1 Å². The number of hydrogen-bond acceptors (Lipinski definition) is 3. The zero-order chi connectivity index (χ0) is 15.6. The van der Waals surface area contributed by atoms with Crippen LogP contribution in [0.3, 0.4) is 0 Å². The van der Waals surface area contributed by atoms with Gasteiger partial charge in [0.05, 0.1) is 11.3 Å². The molecule has 2 heterocycles. The van der Waals surface area contributed by atoms with E-state index in [9.17, 15) is 4.79 Å². The molecule has 0 saturated carbocycles. The van der Waals surface area contributed by atoms with Gasteiger partial charge in [-0.3, -0.25) is 14.7 Å². The molecule has 4 nitrogen and oxygen atoms in total.